The fraction of sp³-hybridized carbons (Fsp3) is 0.500. The smallest absolute Gasteiger partial charge is 0.193 e. The van der Waals surface area contributed by atoms with Crippen LogP contribution in [-0.4, -0.2) is 29.1 Å². The monoisotopic (exact) mass is 225 g/mol. The van der Waals surface area contributed by atoms with E-state index in [1.54, 1.807) is 11.3 Å². The predicted molar refractivity (Wildman–Crippen MR) is 61.3 cm³/mol. The van der Waals surface area contributed by atoms with Crippen molar-refractivity contribution in [1.29, 1.82) is 0 Å². The van der Waals surface area contributed by atoms with Gasteiger partial charge in [-0.1, -0.05) is 0 Å². The second-order valence-electron chi connectivity index (χ2n) is 3.20. The third-order valence-electron chi connectivity index (χ3n) is 2.08. The minimum atomic E-state index is 0.763. The van der Waals surface area contributed by atoms with Gasteiger partial charge in [-0.15, -0.1) is 11.3 Å². The van der Waals surface area contributed by atoms with Gasteiger partial charge in [0.2, 0.25) is 0 Å². The quantitative estimate of drug-likeness (QED) is 0.758. The topological polar surface area (TPSA) is 38.6 Å². The summed E-state index contributed by atoms with van der Waals surface area (Å²) in [6, 6.07) is 0. The van der Waals surface area contributed by atoms with Crippen molar-refractivity contribution in [1.82, 2.24) is 14.7 Å². The van der Waals surface area contributed by atoms with Crippen molar-refractivity contribution in [2.75, 3.05) is 19.8 Å². The summed E-state index contributed by atoms with van der Waals surface area (Å²) < 4.78 is 7.28. The first-order chi connectivity index (χ1) is 7.40. The first kappa shape index (κ1) is 10.6. The van der Waals surface area contributed by atoms with Crippen molar-refractivity contribution in [2.24, 2.45) is 0 Å². The highest BCUT2D eigenvalue weighted by molar-refractivity contribution is 7.15. The number of ether oxygens (including phenoxy) is 1. The van der Waals surface area contributed by atoms with E-state index in [9.17, 15) is 0 Å². The molecule has 0 fully saturated rings. The van der Waals surface area contributed by atoms with Gasteiger partial charge >= 0.3 is 0 Å². The first-order valence-corrected chi connectivity index (χ1v) is 5.97. The lowest BCUT2D eigenvalue weighted by Gasteiger charge is -2.01. The molecule has 0 unspecified atom stereocenters. The van der Waals surface area contributed by atoms with E-state index in [0.29, 0.717) is 0 Å². The molecule has 2 rings (SSSR count). The van der Waals surface area contributed by atoms with Gasteiger partial charge in [-0.05, 0) is 6.92 Å². The molecule has 4 nitrogen and oxygen atoms in total. The van der Waals surface area contributed by atoms with Gasteiger partial charge in [0.05, 0.1) is 12.3 Å². The average molecular weight is 225 g/mol. The molecule has 0 atom stereocenters. The maximum Gasteiger partial charge on any atom is 0.193 e. The summed E-state index contributed by atoms with van der Waals surface area (Å²) in [5, 5.41) is 5.33. The Morgan fingerprint density at radius 2 is 2.53 bits per heavy atom. The zero-order valence-electron chi connectivity index (χ0n) is 8.77. The molecular formula is C10H15N3OS. The van der Waals surface area contributed by atoms with Crippen molar-refractivity contribution < 1.29 is 4.74 Å². The predicted octanol–water partition coefficient (Wildman–Crippen LogP) is 1.52. The second kappa shape index (κ2) is 5.25. The van der Waals surface area contributed by atoms with Gasteiger partial charge in [0.25, 0.3) is 0 Å². The van der Waals surface area contributed by atoms with Crippen LogP contribution in [0.2, 0.25) is 0 Å². The molecule has 0 spiro atoms. The summed E-state index contributed by atoms with van der Waals surface area (Å²) in [6.45, 7) is 5.23. The highest BCUT2D eigenvalue weighted by atomic mass is 32.1. The van der Waals surface area contributed by atoms with E-state index in [4.69, 9.17) is 4.74 Å². The van der Waals surface area contributed by atoms with Gasteiger partial charge in [0.15, 0.2) is 4.96 Å². The molecule has 0 amide bonds. The molecule has 2 aromatic rings. The molecule has 0 bridgehead atoms. The zero-order chi connectivity index (χ0) is 10.5. The van der Waals surface area contributed by atoms with Crippen molar-refractivity contribution >= 4 is 16.3 Å². The van der Waals surface area contributed by atoms with Crippen molar-refractivity contribution in [3.8, 4) is 0 Å². The van der Waals surface area contributed by atoms with E-state index in [0.717, 1.165) is 37.0 Å². The van der Waals surface area contributed by atoms with E-state index in [1.807, 2.05) is 22.9 Å². The minimum Gasteiger partial charge on any atom is -0.380 e. The number of hydrogen-bond donors (Lipinski definition) is 1. The molecule has 0 aliphatic rings. The number of fused-ring (bicyclic) bond motifs is 1. The fourth-order valence-electron chi connectivity index (χ4n) is 1.37. The number of nitrogens with one attached hydrogen (secondary N) is 1. The zero-order valence-corrected chi connectivity index (χ0v) is 9.59. The number of hydrogen-bond acceptors (Lipinski definition) is 4. The summed E-state index contributed by atoms with van der Waals surface area (Å²) in [5.74, 6) is 0. The Balaban J connectivity index is 1.77. The van der Waals surface area contributed by atoms with E-state index < -0.39 is 0 Å². The van der Waals surface area contributed by atoms with Gasteiger partial charge < -0.3 is 10.1 Å². The number of imidazole rings is 1. The van der Waals surface area contributed by atoms with Crippen LogP contribution >= 0.6 is 11.3 Å². The van der Waals surface area contributed by atoms with Gasteiger partial charge in [0.1, 0.15) is 0 Å². The van der Waals surface area contributed by atoms with Crippen LogP contribution in [-0.2, 0) is 11.3 Å². The molecule has 0 saturated heterocycles. The molecule has 0 aliphatic heterocycles. The Hall–Kier alpha value is -0.910. The maximum absolute atomic E-state index is 5.23. The van der Waals surface area contributed by atoms with Gasteiger partial charge in [-0.3, -0.25) is 4.40 Å². The van der Waals surface area contributed by atoms with E-state index in [-0.39, 0.29) is 0 Å². The molecule has 15 heavy (non-hydrogen) atoms. The lowest BCUT2D eigenvalue weighted by atomic mass is 10.4. The third kappa shape index (κ3) is 2.77. The van der Waals surface area contributed by atoms with Crippen LogP contribution in [0.4, 0.5) is 0 Å². The molecule has 0 radical (unpaired) electrons. The van der Waals surface area contributed by atoms with Gasteiger partial charge in [-0.2, -0.15) is 0 Å². The van der Waals surface area contributed by atoms with Crippen LogP contribution < -0.4 is 5.32 Å². The summed E-state index contributed by atoms with van der Waals surface area (Å²) in [4.78, 5) is 5.52. The molecule has 0 aliphatic carbocycles. The van der Waals surface area contributed by atoms with Crippen LogP contribution in [0.15, 0.2) is 17.8 Å². The molecule has 0 saturated carbocycles. The summed E-state index contributed by atoms with van der Waals surface area (Å²) in [7, 11) is 0. The Kier molecular flexibility index (Phi) is 3.71. The standard InChI is InChI=1S/C10H15N3OS/c1-2-14-5-3-11-7-9-8-13-4-6-15-10(13)12-9/h4,6,8,11H,2-3,5,7H2,1H3. The second-order valence-corrected chi connectivity index (χ2v) is 4.07. The highest BCUT2D eigenvalue weighted by Gasteiger charge is 2.00. The van der Waals surface area contributed by atoms with Crippen LogP contribution in [0.1, 0.15) is 12.6 Å². The lowest BCUT2D eigenvalue weighted by molar-refractivity contribution is 0.149. The van der Waals surface area contributed by atoms with E-state index in [2.05, 4.69) is 16.5 Å². The van der Waals surface area contributed by atoms with Crippen LogP contribution in [0, 0.1) is 0 Å². The largest absolute Gasteiger partial charge is 0.380 e. The molecule has 5 heteroatoms. The lowest BCUT2D eigenvalue weighted by Crippen LogP contribution is -2.19. The number of nitrogens with zero attached hydrogens (tertiary/aromatic N) is 2. The van der Waals surface area contributed by atoms with Crippen molar-refractivity contribution in [3.05, 3.63) is 23.5 Å². The molecule has 2 aromatic heterocycles. The third-order valence-corrected chi connectivity index (χ3v) is 2.85. The molecule has 1 N–H and O–H groups in total. The van der Waals surface area contributed by atoms with Crippen LogP contribution in [0.5, 0.6) is 0 Å². The van der Waals surface area contributed by atoms with E-state index in [1.165, 1.54) is 0 Å². The summed E-state index contributed by atoms with van der Waals surface area (Å²) in [5.41, 5.74) is 1.08. The number of thiazole rings is 1. The van der Waals surface area contributed by atoms with Crippen molar-refractivity contribution in [2.45, 2.75) is 13.5 Å². The van der Waals surface area contributed by atoms with Crippen LogP contribution in [0.3, 0.4) is 0 Å². The first-order valence-electron chi connectivity index (χ1n) is 5.09. The Bertz CT molecular complexity index is 381. The Morgan fingerprint density at radius 1 is 1.60 bits per heavy atom. The SMILES string of the molecule is CCOCCNCc1cn2ccsc2n1. The number of rotatable bonds is 6. The molecule has 82 valence electrons. The molecular weight excluding hydrogens is 210 g/mol. The Morgan fingerprint density at radius 3 is 3.33 bits per heavy atom. The maximum atomic E-state index is 5.23. The fourth-order valence-corrected chi connectivity index (χ4v) is 2.09. The number of aromatic nitrogens is 2. The molecule has 0 aromatic carbocycles. The van der Waals surface area contributed by atoms with Gasteiger partial charge in [0, 0.05) is 37.5 Å². The summed E-state index contributed by atoms with van der Waals surface area (Å²) in [6.07, 6.45) is 4.08. The van der Waals surface area contributed by atoms with Crippen LogP contribution in [0.25, 0.3) is 4.96 Å². The Labute approximate surface area is 92.9 Å². The van der Waals surface area contributed by atoms with E-state index >= 15 is 0 Å². The normalized spacial score (nSPS) is 11.3. The average Bonchev–Trinajstić information content (AvgIpc) is 2.77. The molecule has 2 heterocycles. The minimum absolute atomic E-state index is 0.763. The highest BCUT2D eigenvalue weighted by Crippen LogP contribution is 2.10. The summed E-state index contributed by atoms with van der Waals surface area (Å²) >= 11 is 1.65. The van der Waals surface area contributed by atoms with Crippen molar-refractivity contribution in [3.63, 3.8) is 0 Å². The van der Waals surface area contributed by atoms with Gasteiger partial charge in [-0.25, -0.2) is 4.98 Å².